The minimum Gasteiger partial charge on any atom is -0.333 e. The van der Waals surface area contributed by atoms with Gasteiger partial charge in [-0.1, -0.05) is 75.2 Å². The lowest BCUT2D eigenvalue weighted by atomic mass is 10.1. The van der Waals surface area contributed by atoms with Gasteiger partial charge in [-0.05, 0) is 38.0 Å². The Morgan fingerprint density at radius 1 is 1.03 bits per heavy atom. The summed E-state index contributed by atoms with van der Waals surface area (Å²) in [6.45, 7) is 10.4. The SMILES string of the molecule is CCCCN(CC(=O)Nc1c(-c2ccccc2)c(C)nn1-c1ccc(C)cc1)C(=O)C(C)C. The van der Waals surface area contributed by atoms with Gasteiger partial charge in [0.1, 0.15) is 5.82 Å². The smallest absolute Gasteiger partial charge is 0.245 e. The van der Waals surface area contributed by atoms with Gasteiger partial charge in [-0.25, -0.2) is 4.68 Å². The van der Waals surface area contributed by atoms with Crippen molar-refractivity contribution in [3.05, 3.63) is 65.9 Å². The first-order valence-corrected chi connectivity index (χ1v) is 11.6. The first kappa shape index (κ1) is 24.2. The molecule has 174 valence electrons. The summed E-state index contributed by atoms with van der Waals surface area (Å²) in [5.41, 5.74) is 4.68. The summed E-state index contributed by atoms with van der Waals surface area (Å²) in [6, 6.07) is 17.9. The van der Waals surface area contributed by atoms with Crippen LogP contribution in [-0.2, 0) is 9.59 Å². The molecular weight excluding hydrogens is 412 g/mol. The van der Waals surface area contributed by atoms with Crippen molar-refractivity contribution in [2.75, 3.05) is 18.4 Å². The van der Waals surface area contributed by atoms with Crippen LogP contribution >= 0.6 is 0 Å². The summed E-state index contributed by atoms with van der Waals surface area (Å²) in [5, 5.41) is 7.83. The van der Waals surface area contributed by atoms with Gasteiger partial charge >= 0.3 is 0 Å². The van der Waals surface area contributed by atoms with Crippen LogP contribution in [0, 0.1) is 19.8 Å². The van der Waals surface area contributed by atoms with Crippen LogP contribution in [0.3, 0.4) is 0 Å². The second-order valence-corrected chi connectivity index (χ2v) is 8.74. The van der Waals surface area contributed by atoms with E-state index < -0.39 is 0 Å². The van der Waals surface area contributed by atoms with Gasteiger partial charge in [0, 0.05) is 18.0 Å². The molecule has 0 spiro atoms. The highest BCUT2D eigenvalue weighted by atomic mass is 16.2. The fourth-order valence-corrected chi connectivity index (χ4v) is 3.79. The molecular formula is C27H34N4O2. The average molecular weight is 447 g/mol. The van der Waals surface area contributed by atoms with Crippen LogP contribution in [0.15, 0.2) is 54.6 Å². The third-order valence-electron chi connectivity index (χ3n) is 5.58. The Morgan fingerprint density at radius 3 is 2.30 bits per heavy atom. The molecule has 6 nitrogen and oxygen atoms in total. The zero-order chi connectivity index (χ0) is 24.0. The van der Waals surface area contributed by atoms with E-state index in [-0.39, 0.29) is 24.3 Å². The Morgan fingerprint density at radius 2 is 1.70 bits per heavy atom. The molecule has 0 saturated heterocycles. The van der Waals surface area contributed by atoms with Crippen molar-refractivity contribution >= 4 is 17.6 Å². The Hall–Kier alpha value is -3.41. The molecule has 0 radical (unpaired) electrons. The molecule has 0 fully saturated rings. The van der Waals surface area contributed by atoms with Gasteiger partial charge in [0.25, 0.3) is 0 Å². The first-order valence-electron chi connectivity index (χ1n) is 11.6. The molecule has 2 amide bonds. The predicted molar refractivity (Wildman–Crippen MR) is 133 cm³/mol. The van der Waals surface area contributed by atoms with Gasteiger partial charge in [-0.3, -0.25) is 9.59 Å². The fourth-order valence-electron chi connectivity index (χ4n) is 3.79. The average Bonchev–Trinajstić information content (AvgIpc) is 3.12. The summed E-state index contributed by atoms with van der Waals surface area (Å²) >= 11 is 0. The molecule has 2 aromatic carbocycles. The van der Waals surface area contributed by atoms with Crippen molar-refractivity contribution in [1.82, 2.24) is 14.7 Å². The molecule has 0 saturated carbocycles. The number of benzene rings is 2. The van der Waals surface area contributed by atoms with E-state index in [1.54, 1.807) is 9.58 Å². The third-order valence-corrected chi connectivity index (χ3v) is 5.58. The number of carbonyl (C=O) groups is 2. The molecule has 0 unspecified atom stereocenters. The molecule has 0 aliphatic carbocycles. The van der Waals surface area contributed by atoms with Gasteiger partial charge in [-0.2, -0.15) is 5.10 Å². The zero-order valence-electron chi connectivity index (χ0n) is 20.3. The molecule has 33 heavy (non-hydrogen) atoms. The van der Waals surface area contributed by atoms with E-state index in [1.165, 1.54) is 0 Å². The van der Waals surface area contributed by atoms with Crippen LogP contribution in [0.4, 0.5) is 5.82 Å². The summed E-state index contributed by atoms with van der Waals surface area (Å²) in [6.07, 6.45) is 1.82. The Balaban J connectivity index is 1.98. The minimum atomic E-state index is -0.231. The lowest BCUT2D eigenvalue weighted by Crippen LogP contribution is -2.41. The number of nitrogens with one attached hydrogen (secondary N) is 1. The third kappa shape index (κ3) is 5.89. The maximum absolute atomic E-state index is 13.2. The van der Waals surface area contributed by atoms with E-state index in [0.717, 1.165) is 40.9 Å². The van der Waals surface area contributed by atoms with Gasteiger partial charge in [0.2, 0.25) is 11.8 Å². The highest BCUT2D eigenvalue weighted by Crippen LogP contribution is 2.33. The van der Waals surface area contributed by atoms with E-state index in [1.807, 2.05) is 82.3 Å². The van der Waals surface area contributed by atoms with E-state index in [2.05, 4.69) is 12.2 Å². The Kier molecular flexibility index (Phi) is 8.04. The van der Waals surface area contributed by atoms with Crippen molar-refractivity contribution in [2.45, 2.75) is 47.5 Å². The summed E-state index contributed by atoms with van der Waals surface area (Å²) in [4.78, 5) is 27.5. The number of unbranched alkanes of at least 4 members (excludes halogenated alkanes) is 1. The fraction of sp³-hybridized carbons (Fsp3) is 0.370. The van der Waals surface area contributed by atoms with Gasteiger partial charge in [0.15, 0.2) is 0 Å². The van der Waals surface area contributed by atoms with E-state index in [9.17, 15) is 9.59 Å². The van der Waals surface area contributed by atoms with Crippen molar-refractivity contribution < 1.29 is 9.59 Å². The number of aromatic nitrogens is 2. The summed E-state index contributed by atoms with van der Waals surface area (Å²) < 4.78 is 1.77. The van der Waals surface area contributed by atoms with Crippen LogP contribution in [0.5, 0.6) is 0 Å². The number of hydrogen-bond acceptors (Lipinski definition) is 3. The van der Waals surface area contributed by atoms with E-state index >= 15 is 0 Å². The highest BCUT2D eigenvalue weighted by Gasteiger charge is 2.23. The van der Waals surface area contributed by atoms with Crippen LogP contribution in [0.1, 0.15) is 44.9 Å². The second kappa shape index (κ2) is 10.9. The van der Waals surface area contributed by atoms with Crippen LogP contribution in [0.25, 0.3) is 16.8 Å². The number of hydrogen-bond donors (Lipinski definition) is 1. The topological polar surface area (TPSA) is 67.2 Å². The quantitative estimate of drug-likeness (QED) is 0.480. The highest BCUT2D eigenvalue weighted by molar-refractivity contribution is 5.98. The van der Waals surface area contributed by atoms with Crippen LogP contribution < -0.4 is 5.32 Å². The van der Waals surface area contributed by atoms with Gasteiger partial charge in [0.05, 0.1) is 17.9 Å². The lowest BCUT2D eigenvalue weighted by molar-refractivity contribution is -0.137. The predicted octanol–water partition coefficient (Wildman–Crippen LogP) is 5.38. The molecule has 1 aromatic heterocycles. The summed E-state index contributed by atoms with van der Waals surface area (Å²) in [7, 11) is 0. The van der Waals surface area contributed by atoms with Crippen molar-refractivity contribution in [1.29, 1.82) is 0 Å². The Bertz CT molecular complexity index is 1090. The molecule has 0 bridgehead atoms. The van der Waals surface area contributed by atoms with E-state index in [4.69, 9.17) is 5.10 Å². The molecule has 1 N–H and O–H groups in total. The molecule has 0 atom stereocenters. The normalized spacial score (nSPS) is 11.0. The molecule has 3 rings (SSSR count). The number of rotatable bonds is 9. The number of aryl methyl sites for hydroxylation is 2. The maximum atomic E-state index is 13.2. The standard InChI is InChI=1S/C27H34N4O2/c1-6-7-17-30(27(33)19(2)3)18-24(32)28-26-25(22-11-9-8-10-12-22)21(5)29-31(26)23-15-13-20(4)14-16-23/h8-16,19H,6-7,17-18H2,1-5H3,(H,28,32). The summed E-state index contributed by atoms with van der Waals surface area (Å²) in [5.74, 6) is 0.213. The molecule has 0 aliphatic rings. The second-order valence-electron chi connectivity index (χ2n) is 8.74. The first-order chi connectivity index (χ1) is 15.8. The van der Waals surface area contributed by atoms with Crippen LogP contribution in [-0.4, -0.2) is 39.6 Å². The number of amides is 2. The monoisotopic (exact) mass is 446 g/mol. The Labute approximate surface area is 196 Å². The van der Waals surface area contributed by atoms with Gasteiger partial charge < -0.3 is 10.2 Å². The number of nitrogens with zero attached hydrogens (tertiary/aromatic N) is 3. The minimum absolute atomic E-state index is 0.00916. The number of carbonyl (C=O) groups excluding carboxylic acids is 2. The van der Waals surface area contributed by atoms with Crippen molar-refractivity contribution in [3.8, 4) is 16.8 Å². The maximum Gasteiger partial charge on any atom is 0.245 e. The van der Waals surface area contributed by atoms with Crippen molar-refractivity contribution in [2.24, 2.45) is 5.92 Å². The molecule has 6 heteroatoms. The largest absolute Gasteiger partial charge is 0.333 e. The zero-order valence-corrected chi connectivity index (χ0v) is 20.3. The van der Waals surface area contributed by atoms with Crippen molar-refractivity contribution in [3.63, 3.8) is 0 Å². The lowest BCUT2D eigenvalue weighted by Gasteiger charge is -2.24. The van der Waals surface area contributed by atoms with Gasteiger partial charge in [-0.15, -0.1) is 0 Å². The molecule has 1 heterocycles. The molecule has 0 aliphatic heterocycles. The number of anilines is 1. The van der Waals surface area contributed by atoms with Crippen LogP contribution in [0.2, 0.25) is 0 Å². The molecule has 3 aromatic rings. The van der Waals surface area contributed by atoms with E-state index in [0.29, 0.717) is 12.4 Å².